The first-order chi connectivity index (χ1) is 9.42. The molecule has 2 aromatic rings. The minimum atomic E-state index is -0.390. The molecule has 0 radical (unpaired) electrons. The van der Waals surface area contributed by atoms with Gasteiger partial charge in [0.1, 0.15) is 0 Å². The molecule has 1 aromatic heterocycles. The first kappa shape index (κ1) is 14.5. The van der Waals surface area contributed by atoms with Crippen LogP contribution in [0.15, 0.2) is 18.2 Å². The second-order valence-corrected chi connectivity index (χ2v) is 5.98. The summed E-state index contributed by atoms with van der Waals surface area (Å²) in [6, 6.07) is 6.33. The molecule has 2 rings (SSSR count). The number of anilines is 2. The Bertz CT molecular complexity index is 629. The molecule has 0 unspecified atom stereocenters. The third-order valence-electron chi connectivity index (χ3n) is 3.04. The van der Waals surface area contributed by atoms with Gasteiger partial charge in [-0.1, -0.05) is 6.07 Å². The topological polar surface area (TPSA) is 42.4 Å². The van der Waals surface area contributed by atoms with Gasteiger partial charge in [0.05, 0.1) is 7.11 Å². The first-order valence-electron chi connectivity index (χ1n) is 6.30. The molecule has 0 spiro atoms. The summed E-state index contributed by atoms with van der Waals surface area (Å²) >= 11 is 1.49. The lowest BCUT2D eigenvalue weighted by atomic mass is 10.1. The predicted molar refractivity (Wildman–Crippen MR) is 82.2 cm³/mol. The van der Waals surface area contributed by atoms with Crippen LogP contribution >= 0.6 is 11.3 Å². The number of esters is 1. The van der Waals surface area contributed by atoms with Gasteiger partial charge in [0.25, 0.3) is 0 Å². The highest BCUT2D eigenvalue weighted by molar-refractivity contribution is 7.15. The molecule has 0 N–H and O–H groups in total. The van der Waals surface area contributed by atoms with Crippen molar-refractivity contribution in [3.8, 4) is 0 Å². The van der Waals surface area contributed by atoms with Crippen LogP contribution in [0.25, 0.3) is 0 Å². The van der Waals surface area contributed by atoms with Crippen molar-refractivity contribution < 1.29 is 9.53 Å². The third kappa shape index (κ3) is 2.82. The standard InChI is InChI=1S/C15H18N2O2S/c1-9-6-10(2)8-12(7-9)17(4)15-16-13(11(3)20-15)14(18)19-5/h6-8H,1-5H3. The fourth-order valence-corrected chi connectivity index (χ4v) is 2.95. The second kappa shape index (κ2) is 5.63. The molecular weight excluding hydrogens is 272 g/mol. The number of methoxy groups -OCH3 is 1. The summed E-state index contributed by atoms with van der Waals surface area (Å²) in [6.45, 7) is 6.01. The van der Waals surface area contributed by atoms with Crippen LogP contribution in [-0.2, 0) is 4.74 Å². The lowest BCUT2D eigenvalue weighted by Gasteiger charge is -2.17. The number of aryl methyl sites for hydroxylation is 3. The molecule has 106 valence electrons. The van der Waals surface area contributed by atoms with Crippen LogP contribution in [-0.4, -0.2) is 25.1 Å². The van der Waals surface area contributed by atoms with Crippen molar-refractivity contribution in [3.63, 3.8) is 0 Å². The molecule has 1 heterocycles. The van der Waals surface area contributed by atoms with Crippen LogP contribution in [0.1, 0.15) is 26.5 Å². The summed E-state index contributed by atoms with van der Waals surface area (Å²) in [4.78, 5) is 18.9. The van der Waals surface area contributed by atoms with Crippen molar-refractivity contribution in [3.05, 3.63) is 39.9 Å². The number of aromatic nitrogens is 1. The quantitative estimate of drug-likeness (QED) is 0.810. The zero-order chi connectivity index (χ0) is 14.9. The van der Waals surface area contributed by atoms with Crippen molar-refractivity contribution in [1.82, 2.24) is 4.98 Å². The van der Waals surface area contributed by atoms with Gasteiger partial charge >= 0.3 is 5.97 Å². The Kier molecular flexibility index (Phi) is 4.09. The van der Waals surface area contributed by atoms with Crippen LogP contribution in [0, 0.1) is 20.8 Å². The van der Waals surface area contributed by atoms with Gasteiger partial charge in [0, 0.05) is 17.6 Å². The molecule has 0 aliphatic heterocycles. The zero-order valence-electron chi connectivity index (χ0n) is 12.4. The summed E-state index contributed by atoms with van der Waals surface area (Å²) in [5.74, 6) is -0.390. The van der Waals surface area contributed by atoms with Gasteiger partial charge in [-0.05, 0) is 44.0 Å². The van der Waals surface area contributed by atoms with E-state index in [-0.39, 0.29) is 5.97 Å². The maximum atomic E-state index is 11.6. The number of carbonyl (C=O) groups excluding carboxylic acids is 1. The van der Waals surface area contributed by atoms with Gasteiger partial charge < -0.3 is 9.64 Å². The third-order valence-corrected chi connectivity index (χ3v) is 4.09. The highest BCUT2D eigenvalue weighted by Crippen LogP contribution is 2.31. The van der Waals surface area contributed by atoms with E-state index >= 15 is 0 Å². The van der Waals surface area contributed by atoms with E-state index in [9.17, 15) is 4.79 Å². The molecular formula is C15H18N2O2S. The number of benzene rings is 1. The van der Waals surface area contributed by atoms with Crippen molar-refractivity contribution in [2.75, 3.05) is 19.1 Å². The fourth-order valence-electron chi connectivity index (χ4n) is 2.07. The van der Waals surface area contributed by atoms with Crippen molar-refractivity contribution in [2.45, 2.75) is 20.8 Å². The average Bonchev–Trinajstić information content (AvgIpc) is 2.78. The number of ether oxygens (including phenoxy) is 1. The average molecular weight is 290 g/mol. The van der Waals surface area contributed by atoms with E-state index in [1.165, 1.54) is 29.6 Å². The highest BCUT2D eigenvalue weighted by atomic mass is 32.1. The summed E-state index contributed by atoms with van der Waals surface area (Å²) < 4.78 is 4.74. The maximum Gasteiger partial charge on any atom is 0.357 e. The SMILES string of the molecule is COC(=O)c1nc(N(C)c2cc(C)cc(C)c2)sc1C. The van der Waals surface area contributed by atoms with E-state index in [0.717, 1.165) is 15.7 Å². The molecule has 5 heteroatoms. The molecule has 1 aromatic carbocycles. The lowest BCUT2D eigenvalue weighted by molar-refractivity contribution is 0.0594. The van der Waals surface area contributed by atoms with Gasteiger partial charge in [-0.15, -0.1) is 11.3 Å². The Morgan fingerprint density at radius 3 is 2.35 bits per heavy atom. The van der Waals surface area contributed by atoms with Crippen molar-refractivity contribution in [1.29, 1.82) is 0 Å². The molecule has 0 saturated heterocycles. The van der Waals surface area contributed by atoms with E-state index in [0.29, 0.717) is 5.69 Å². The molecule has 4 nitrogen and oxygen atoms in total. The van der Waals surface area contributed by atoms with Gasteiger partial charge in [0.15, 0.2) is 10.8 Å². The molecule has 0 bridgehead atoms. The largest absolute Gasteiger partial charge is 0.464 e. The Morgan fingerprint density at radius 2 is 1.80 bits per heavy atom. The van der Waals surface area contributed by atoms with Gasteiger partial charge in [-0.25, -0.2) is 9.78 Å². The molecule has 0 amide bonds. The van der Waals surface area contributed by atoms with Crippen LogP contribution in [0.3, 0.4) is 0 Å². The van der Waals surface area contributed by atoms with Crippen molar-refractivity contribution in [2.24, 2.45) is 0 Å². The molecule has 0 aliphatic rings. The number of hydrogen-bond acceptors (Lipinski definition) is 5. The normalized spacial score (nSPS) is 10.4. The molecule has 0 fully saturated rings. The van der Waals surface area contributed by atoms with Crippen molar-refractivity contribution >= 4 is 28.1 Å². The van der Waals surface area contributed by atoms with E-state index in [1.54, 1.807) is 0 Å². The second-order valence-electron chi connectivity index (χ2n) is 4.80. The fraction of sp³-hybridized carbons (Fsp3) is 0.333. The number of nitrogens with zero attached hydrogens (tertiary/aromatic N) is 2. The van der Waals surface area contributed by atoms with Gasteiger partial charge in [-0.2, -0.15) is 0 Å². The predicted octanol–water partition coefficient (Wildman–Crippen LogP) is 3.62. The lowest BCUT2D eigenvalue weighted by Crippen LogP contribution is -2.10. The molecule has 0 atom stereocenters. The minimum absolute atomic E-state index is 0.390. The monoisotopic (exact) mass is 290 g/mol. The van der Waals surface area contributed by atoms with E-state index in [4.69, 9.17) is 4.74 Å². The molecule has 0 saturated carbocycles. The Hall–Kier alpha value is -1.88. The van der Waals surface area contributed by atoms with Crippen LogP contribution in [0.2, 0.25) is 0 Å². The highest BCUT2D eigenvalue weighted by Gasteiger charge is 2.18. The zero-order valence-corrected chi connectivity index (χ0v) is 13.2. The summed E-state index contributed by atoms with van der Waals surface area (Å²) in [7, 11) is 3.32. The smallest absolute Gasteiger partial charge is 0.357 e. The number of hydrogen-bond donors (Lipinski definition) is 0. The van der Waals surface area contributed by atoms with E-state index in [1.807, 2.05) is 18.9 Å². The van der Waals surface area contributed by atoms with Gasteiger partial charge in [-0.3, -0.25) is 0 Å². The summed E-state index contributed by atoms with van der Waals surface area (Å²) in [6.07, 6.45) is 0. The van der Waals surface area contributed by atoms with E-state index in [2.05, 4.69) is 37.0 Å². The van der Waals surface area contributed by atoms with Gasteiger partial charge in [0.2, 0.25) is 0 Å². The Labute approximate surface area is 123 Å². The molecule has 0 aliphatic carbocycles. The van der Waals surface area contributed by atoms with Crippen LogP contribution in [0.4, 0.5) is 10.8 Å². The van der Waals surface area contributed by atoms with Crippen LogP contribution in [0.5, 0.6) is 0 Å². The Balaban J connectivity index is 2.38. The summed E-state index contributed by atoms with van der Waals surface area (Å²) in [5.41, 5.74) is 3.86. The summed E-state index contributed by atoms with van der Waals surface area (Å²) in [5, 5.41) is 0.785. The maximum absolute atomic E-state index is 11.6. The molecule has 20 heavy (non-hydrogen) atoms. The van der Waals surface area contributed by atoms with Crippen LogP contribution < -0.4 is 4.90 Å². The van der Waals surface area contributed by atoms with E-state index < -0.39 is 0 Å². The first-order valence-corrected chi connectivity index (χ1v) is 7.11. The number of rotatable bonds is 3. The Morgan fingerprint density at radius 1 is 1.20 bits per heavy atom. The minimum Gasteiger partial charge on any atom is -0.464 e. The number of carbonyl (C=O) groups is 1. The number of thiazole rings is 1.